The Kier molecular flexibility index (Phi) is 10.8. The van der Waals surface area contributed by atoms with E-state index >= 15 is 0 Å². The van der Waals surface area contributed by atoms with Crippen molar-refractivity contribution < 1.29 is 28.6 Å². The summed E-state index contributed by atoms with van der Waals surface area (Å²) in [7, 11) is 0. The number of fused-ring (bicyclic) bond motifs is 1. The van der Waals surface area contributed by atoms with Gasteiger partial charge in [0.05, 0.1) is 13.0 Å². The van der Waals surface area contributed by atoms with Gasteiger partial charge in [-0.2, -0.15) is 0 Å². The van der Waals surface area contributed by atoms with Crippen LogP contribution in [0, 0.1) is 6.92 Å². The predicted molar refractivity (Wildman–Crippen MR) is 167 cm³/mol. The molecule has 0 aromatic heterocycles. The van der Waals surface area contributed by atoms with Crippen LogP contribution in [0.4, 0.5) is 10.5 Å². The minimum Gasteiger partial charge on any atom is -0.493 e. The Morgan fingerprint density at radius 1 is 0.953 bits per heavy atom. The minimum atomic E-state index is -0.593. The van der Waals surface area contributed by atoms with E-state index in [0.717, 1.165) is 52.1 Å². The highest BCUT2D eigenvalue weighted by atomic mass is 16.6. The fraction of sp³-hybridized carbons (Fsp3) is 0.400. The average Bonchev–Trinajstić information content (AvgIpc) is 2.97. The van der Waals surface area contributed by atoms with Crippen molar-refractivity contribution in [2.24, 2.45) is 0 Å². The summed E-state index contributed by atoms with van der Waals surface area (Å²) >= 11 is 0. The molecule has 3 aromatic rings. The van der Waals surface area contributed by atoms with Crippen LogP contribution in [-0.2, 0) is 32.1 Å². The fourth-order valence-electron chi connectivity index (χ4n) is 5.10. The van der Waals surface area contributed by atoms with Gasteiger partial charge in [-0.1, -0.05) is 48.5 Å². The van der Waals surface area contributed by atoms with Gasteiger partial charge in [0.15, 0.2) is 0 Å². The van der Waals surface area contributed by atoms with Gasteiger partial charge in [-0.15, -0.1) is 0 Å². The molecule has 8 heteroatoms. The zero-order valence-corrected chi connectivity index (χ0v) is 25.6. The molecule has 0 radical (unpaired) electrons. The molecule has 0 saturated heterocycles. The number of amides is 2. The minimum absolute atomic E-state index is 0.0711. The lowest BCUT2D eigenvalue weighted by atomic mass is 9.91. The maximum Gasteiger partial charge on any atom is 0.407 e. The normalized spacial score (nSPS) is 12.7. The van der Waals surface area contributed by atoms with E-state index in [4.69, 9.17) is 14.2 Å². The first-order chi connectivity index (χ1) is 20.6. The van der Waals surface area contributed by atoms with Crippen molar-refractivity contribution in [2.75, 3.05) is 24.6 Å². The van der Waals surface area contributed by atoms with E-state index in [9.17, 15) is 14.4 Å². The van der Waals surface area contributed by atoms with Gasteiger partial charge in [0.25, 0.3) is 0 Å². The van der Waals surface area contributed by atoms with Crippen molar-refractivity contribution in [3.8, 4) is 16.9 Å². The molecule has 2 amide bonds. The van der Waals surface area contributed by atoms with Crippen molar-refractivity contribution in [3.05, 3.63) is 83.4 Å². The van der Waals surface area contributed by atoms with E-state index in [1.54, 1.807) is 20.8 Å². The van der Waals surface area contributed by atoms with E-state index in [2.05, 4.69) is 11.4 Å². The van der Waals surface area contributed by atoms with Gasteiger partial charge in [-0.25, -0.2) is 4.79 Å². The van der Waals surface area contributed by atoms with E-state index in [1.807, 2.05) is 72.5 Å². The number of hydrogen-bond donors (Lipinski definition) is 1. The number of nitrogens with zero attached hydrogens (tertiary/aromatic N) is 1. The Bertz CT molecular complexity index is 1430. The smallest absolute Gasteiger partial charge is 0.407 e. The molecule has 0 saturated carbocycles. The number of alkyl carbamates (subject to hydrolysis) is 1. The molecule has 1 aliphatic rings. The van der Waals surface area contributed by atoms with Crippen LogP contribution in [0.3, 0.4) is 0 Å². The van der Waals surface area contributed by atoms with Gasteiger partial charge in [0, 0.05) is 25.2 Å². The Morgan fingerprint density at radius 3 is 2.53 bits per heavy atom. The van der Waals surface area contributed by atoms with Gasteiger partial charge >= 0.3 is 12.1 Å². The van der Waals surface area contributed by atoms with Crippen molar-refractivity contribution in [3.63, 3.8) is 0 Å². The number of hydrogen-bond acceptors (Lipinski definition) is 6. The zero-order chi connectivity index (χ0) is 30.8. The molecule has 4 rings (SSSR count). The molecule has 0 atom stereocenters. The quantitative estimate of drug-likeness (QED) is 0.197. The summed E-state index contributed by atoms with van der Waals surface area (Å²) in [5, 5.41) is 2.59. The second kappa shape index (κ2) is 14.7. The SMILES string of the molecule is Cc1ccccc1OCCCC(=O)N1CCCc2c(-c3cccc(COC(=O)NCCC(=O)OC(C)(C)C)c3)cccc21. The highest BCUT2D eigenvalue weighted by molar-refractivity contribution is 5.96. The molecule has 0 unspecified atom stereocenters. The van der Waals surface area contributed by atoms with Crippen LogP contribution < -0.4 is 15.0 Å². The third kappa shape index (κ3) is 9.33. The average molecular weight is 587 g/mol. The second-order valence-electron chi connectivity index (χ2n) is 11.7. The first kappa shape index (κ1) is 31.6. The van der Waals surface area contributed by atoms with Gasteiger partial charge < -0.3 is 24.4 Å². The number of benzene rings is 3. The monoisotopic (exact) mass is 586 g/mol. The molecule has 1 heterocycles. The number of carbonyl (C=O) groups is 3. The number of nitrogens with one attached hydrogen (secondary N) is 1. The lowest BCUT2D eigenvalue weighted by molar-refractivity contribution is -0.154. The summed E-state index contributed by atoms with van der Waals surface area (Å²) in [6.07, 6.45) is 2.32. The third-order valence-electron chi connectivity index (χ3n) is 7.06. The summed E-state index contributed by atoms with van der Waals surface area (Å²) in [6.45, 7) is 8.83. The first-order valence-corrected chi connectivity index (χ1v) is 14.9. The number of anilines is 1. The van der Waals surface area contributed by atoms with Crippen LogP contribution in [0.2, 0.25) is 0 Å². The zero-order valence-electron chi connectivity index (χ0n) is 25.6. The Labute approximate surface area is 254 Å². The molecular weight excluding hydrogens is 544 g/mol. The fourth-order valence-corrected chi connectivity index (χ4v) is 5.10. The van der Waals surface area contributed by atoms with E-state index in [0.29, 0.717) is 26.0 Å². The summed E-state index contributed by atoms with van der Waals surface area (Å²) in [6, 6.07) is 21.9. The van der Waals surface area contributed by atoms with Crippen molar-refractivity contribution in [1.82, 2.24) is 5.32 Å². The van der Waals surface area contributed by atoms with Crippen LogP contribution in [0.5, 0.6) is 5.75 Å². The third-order valence-corrected chi connectivity index (χ3v) is 7.06. The molecule has 1 aliphatic heterocycles. The molecule has 0 fully saturated rings. The highest BCUT2D eigenvalue weighted by Gasteiger charge is 2.24. The van der Waals surface area contributed by atoms with Crippen LogP contribution >= 0.6 is 0 Å². The molecule has 228 valence electrons. The van der Waals surface area contributed by atoms with Gasteiger partial charge in [-0.3, -0.25) is 9.59 Å². The molecule has 0 spiro atoms. The van der Waals surface area contributed by atoms with E-state index in [1.165, 1.54) is 0 Å². The van der Waals surface area contributed by atoms with Crippen LogP contribution in [-0.4, -0.2) is 43.3 Å². The molecule has 8 nitrogen and oxygen atoms in total. The summed E-state index contributed by atoms with van der Waals surface area (Å²) in [5.74, 6) is 0.583. The van der Waals surface area contributed by atoms with E-state index in [-0.39, 0.29) is 31.4 Å². The number of para-hydroxylation sites is 1. The lowest BCUT2D eigenvalue weighted by Crippen LogP contribution is -2.35. The number of esters is 1. The van der Waals surface area contributed by atoms with Crippen molar-refractivity contribution >= 4 is 23.7 Å². The Balaban J connectivity index is 1.33. The van der Waals surface area contributed by atoms with E-state index < -0.39 is 11.7 Å². The predicted octanol–water partition coefficient (Wildman–Crippen LogP) is 6.76. The van der Waals surface area contributed by atoms with Crippen molar-refractivity contribution in [2.45, 2.75) is 72.0 Å². The number of aryl methyl sites for hydroxylation is 1. The summed E-state index contributed by atoms with van der Waals surface area (Å²) < 4.78 is 16.5. The Hall–Kier alpha value is -4.33. The molecule has 1 N–H and O–H groups in total. The lowest BCUT2D eigenvalue weighted by Gasteiger charge is -2.31. The molecular formula is C35H42N2O6. The molecule has 0 bridgehead atoms. The molecule has 43 heavy (non-hydrogen) atoms. The molecule has 0 aliphatic carbocycles. The summed E-state index contributed by atoms with van der Waals surface area (Å²) in [5.41, 5.74) is 5.54. The maximum atomic E-state index is 13.3. The Morgan fingerprint density at radius 2 is 1.74 bits per heavy atom. The maximum absolute atomic E-state index is 13.3. The van der Waals surface area contributed by atoms with Crippen molar-refractivity contribution in [1.29, 1.82) is 0 Å². The largest absolute Gasteiger partial charge is 0.493 e. The van der Waals surface area contributed by atoms with Gasteiger partial charge in [0.1, 0.15) is 18.0 Å². The number of rotatable bonds is 11. The van der Waals surface area contributed by atoms with Gasteiger partial charge in [0.2, 0.25) is 5.91 Å². The highest BCUT2D eigenvalue weighted by Crippen LogP contribution is 2.36. The van der Waals surface area contributed by atoms with Crippen LogP contribution in [0.1, 0.15) is 63.1 Å². The first-order valence-electron chi connectivity index (χ1n) is 14.9. The standard InChI is InChI=1S/C35H42N2O6/c1-25-11-5-6-17-31(25)41-22-10-18-32(38)37-21-9-15-29-28(14-8-16-30(29)37)27-13-7-12-26(23-27)24-42-34(40)36-20-19-33(39)43-35(2,3)4/h5-8,11-14,16-17,23H,9-10,15,18-22,24H2,1-4H3,(H,36,40). The number of ether oxygens (including phenoxy) is 3. The second-order valence-corrected chi connectivity index (χ2v) is 11.7. The topological polar surface area (TPSA) is 94.2 Å². The van der Waals surface area contributed by atoms with Gasteiger partial charge in [-0.05, 0) is 93.0 Å². The number of carbonyl (C=O) groups excluding carboxylic acids is 3. The molecule has 3 aromatic carbocycles. The summed E-state index contributed by atoms with van der Waals surface area (Å²) in [4.78, 5) is 39.2. The van der Waals surface area contributed by atoms with Crippen LogP contribution in [0.15, 0.2) is 66.7 Å². The van der Waals surface area contributed by atoms with Crippen LogP contribution in [0.25, 0.3) is 11.1 Å².